The maximum atomic E-state index is 13.1. The SMILES string of the molecule is Cc1nc(C2CCCC2)sc1C(=O)N1CCc2c(cccc2C(N)=O)C1. The number of nitrogens with zero attached hydrogens (tertiary/aromatic N) is 2. The Morgan fingerprint density at radius 2 is 2.04 bits per heavy atom. The van der Waals surface area contributed by atoms with Crippen molar-refractivity contribution in [2.24, 2.45) is 5.73 Å². The lowest BCUT2D eigenvalue weighted by Crippen LogP contribution is -2.36. The molecule has 2 heterocycles. The third-order valence-corrected chi connectivity index (χ3v) is 6.84. The number of amides is 2. The van der Waals surface area contributed by atoms with Gasteiger partial charge in [0.05, 0.1) is 10.7 Å². The average Bonchev–Trinajstić information content (AvgIpc) is 3.29. The summed E-state index contributed by atoms with van der Waals surface area (Å²) in [7, 11) is 0. The molecule has 2 N–H and O–H groups in total. The van der Waals surface area contributed by atoms with Crippen LogP contribution < -0.4 is 5.73 Å². The van der Waals surface area contributed by atoms with Crippen LogP contribution in [0.2, 0.25) is 0 Å². The zero-order valence-corrected chi connectivity index (χ0v) is 15.8. The van der Waals surface area contributed by atoms with Crippen LogP contribution in [0.15, 0.2) is 18.2 Å². The van der Waals surface area contributed by atoms with E-state index in [1.807, 2.05) is 24.0 Å². The van der Waals surface area contributed by atoms with Crippen LogP contribution in [-0.2, 0) is 13.0 Å². The van der Waals surface area contributed by atoms with E-state index in [9.17, 15) is 9.59 Å². The minimum atomic E-state index is -0.402. The molecule has 0 saturated heterocycles. The number of benzene rings is 1. The van der Waals surface area contributed by atoms with Gasteiger partial charge in [0.15, 0.2) is 0 Å². The Hall–Kier alpha value is -2.21. The molecular weight excluding hydrogens is 346 g/mol. The van der Waals surface area contributed by atoms with Crippen LogP contribution >= 0.6 is 11.3 Å². The molecule has 26 heavy (non-hydrogen) atoms. The number of aryl methyl sites for hydroxylation is 1. The second-order valence-corrected chi connectivity index (χ2v) is 8.26. The van der Waals surface area contributed by atoms with E-state index in [-0.39, 0.29) is 5.91 Å². The predicted octanol–water partition coefficient (Wildman–Crippen LogP) is 3.41. The number of hydrogen-bond donors (Lipinski definition) is 1. The summed E-state index contributed by atoms with van der Waals surface area (Å²) in [5, 5.41) is 1.12. The number of thiazole rings is 1. The van der Waals surface area contributed by atoms with Gasteiger partial charge in [0.1, 0.15) is 4.88 Å². The van der Waals surface area contributed by atoms with E-state index >= 15 is 0 Å². The van der Waals surface area contributed by atoms with E-state index in [1.54, 1.807) is 17.4 Å². The summed E-state index contributed by atoms with van der Waals surface area (Å²) < 4.78 is 0. The molecule has 4 rings (SSSR count). The van der Waals surface area contributed by atoms with Gasteiger partial charge in [-0.1, -0.05) is 25.0 Å². The summed E-state index contributed by atoms with van der Waals surface area (Å²) in [5.41, 5.74) is 8.90. The fraction of sp³-hybridized carbons (Fsp3) is 0.450. The molecular formula is C20H23N3O2S. The highest BCUT2D eigenvalue weighted by molar-refractivity contribution is 7.13. The van der Waals surface area contributed by atoms with Crippen molar-refractivity contribution < 1.29 is 9.59 Å². The lowest BCUT2D eigenvalue weighted by Gasteiger charge is -2.29. The number of carbonyl (C=O) groups is 2. The minimum absolute atomic E-state index is 0.0550. The number of primary amides is 1. The largest absolute Gasteiger partial charge is 0.366 e. The fourth-order valence-corrected chi connectivity index (χ4v) is 5.32. The quantitative estimate of drug-likeness (QED) is 0.901. The van der Waals surface area contributed by atoms with Gasteiger partial charge in [0.2, 0.25) is 5.91 Å². The topological polar surface area (TPSA) is 76.3 Å². The number of hydrogen-bond acceptors (Lipinski definition) is 4. The van der Waals surface area contributed by atoms with Crippen molar-refractivity contribution in [1.29, 1.82) is 0 Å². The Kier molecular flexibility index (Phi) is 4.53. The number of carbonyl (C=O) groups excluding carboxylic acids is 2. The predicted molar refractivity (Wildman–Crippen MR) is 101 cm³/mol. The Balaban J connectivity index is 1.57. The molecule has 1 aromatic carbocycles. The first-order valence-corrected chi connectivity index (χ1v) is 10.0. The number of nitrogens with two attached hydrogens (primary N) is 1. The van der Waals surface area contributed by atoms with Crippen molar-refractivity contribution in [3.8, 4) is 0 Å². The van der Waals surface area contributed by atoms with Crippen molar-refractivity contribution in [3.05, 3.63) is 50.5 Å². The molecule has 1 saturated carbocycles. The summed E-state index contributed by atoms with van der Waals surface area (Å²) in [6, 6.07) is 5.58. The van der Waals surface area contributed by atoms with Gasteiger partial charge in [-0.3, -0.25) is 9.59 Å². The molecule has 136 valence electrons. The van der Waals surface area contributed by atoms with Gasteiger partial charge in [-0.05, 0) is 43.4 Å². The van der Waals surface area contributed by atoms with Gasteiger partial charge in [-0.25, -0.2) is 4.98 Å². The second kappa shape index (κ2) is 6.83. The number of rotatable bonds is 3. The molecule has 0 unspecified atom stereocenters. The molecule has 2 amide bonds. The highest BCUT2D eigenvalue weighted by atomic mass is 32.1. The molecule has 1 fully saturated rings. The van der Waals surface area contributed by atoms with Crippen LogP contribution in [-0.4, -0.2) is 28.2 Å². The van der Waals surface area contributed by atoms with Crippen LogP contribution in [0.1, 0.15) is 73.5 Å². The van der Waals surface area contributed by atoms with Crippen LogP contribution in [0.25, 0.3) is 0 Å². The summed E-state index contributed by atoms with van der Waals surface area (Å²) in [6.45, 7) is 3.06. The van der Waals surface area contributed by atoms with Crippen LogP contribution in [0.5, 0.6) is 0 Å². The van der Waals surface area contributed by atoms with Crippen molar-refractivity contribution in [1.82, 2.24) is 9.88 Å². The van der Waals surface area contributed by atoms with Gasteiger partial charge in [-0.2, -0.15) is 0 Å². The smallest absolute Gasteiger partial charge is 0.266 e. The van der Waals surface area contributed by atoms with Gasteiger partial charge < -0.3 is 10.6 Å². The second-order valence-electron chi connectivity index (χ2n) is 7.23. The van der Waals surface area contributed by atoms with Crippen molar-refractivity contribution >= 4 is 23.2 Å². The van der Waals surface area contributed by atoms with Gasteiger partial charge in [0, 0.05) is 24.6 Å². The molecule has 1 aliphatic heterocycles. The Bertz CT molecular complexity index is 868. The lowest BCUT2D eigenvalue weighted by molar-refractivity contribution is 0.0738. The normalized spacial score (nSPS) is 17.3. The summed E-state index contributed by atoms with van der Waals surface area (Å²) in [6.07, 6.45) is 5.56. The first kappa shape index (κ1) is 17.2. The molecule has 6 heteroatoms. The fourth-order valence-electron chi connectivity index (χ4n) is 4.12. The molecule has 0 atom stereocenters. The van der Waals surface area contributed by atoms with E-state index in [2.05, 4.69) is 0 Å². The minimum Gasteiger partial charge on any atom is -0.366 e. The van der Waals surface area contributed by atoms with E-state index in [0.29, 0.717) is 31.0 Å². The third-order valence-electron chi connectivity index (χ3n) is 5.53. The van der Waals surface area contributed by atoms with Gasteiger partial charge >= 0.3 is 0 Å². The monoisotopic (exact) mass is 369 g/mol. The molecule has 0 spiro atoms. The van der Waals surface area contributed by atoms with Crippen molar-refractivity contribution in [3.63, 3.8) is 0 Å². The van der Waals surface area contributed by atoms with Crippen LogP contribution in [0.4, 0.5) is 0 Å². The summed E-state index contributed by atoms with van der Waals surface area (Å²) in [4.78, 5) is 32.0. The molecule has 0 radical (unpaired) electrons. The maximum Gasteiger partial charge on any atom is 0.266 e. The zero-order chi connectivity index (χ0) is 18.3. The first-order chi connectivity index (χ1) is 12.5. The number of aromatic nitrogens is 1. The van der Waals surface area contributed by atoms with Crippen LogP contribution in [0, 0.1) is 6.92 Å². The molecule has 5 nitrogen and oxygen atoms in total. The van der Waals surface area contributed by atoms with Gasteiger partial charge in [-0.15, -0.1) is 11.3 Å². The number of fused-ring (bicyclic) bond motifs is 1. The molecule has 2 aromatic rings. The van der Waals surface area contributed by atoms with E-state index in [0.717, 1.165) is 26.7 Å². The van der Waals surface area contributed by atoms with Crippen molar-refractivity contribution in [2.75, 3.05) is 6.54 Å². The third kappa shape index (κ3) is 3.03. The highest BCUT2D eigenvalue weighted by Crippen LogP contribution is 2.37. The lowest BCUT2D eigenvalue weighted by atomic mass is 9.94. The molecule has 0 bridgehead atoms. The van der Waals surface area contributed by atoms with E-state index < -0.39 is 5.91 Å². The Morgan fingerprint density at radius 3 is 2.77 bits per heavy atom. The summed E-state index contributed by atoms with van der Waals surface area (Å²) >= 11 is 1.57. The van der Waals surface area contributed by atoms with Gasteiger partial charge in [0.25, 0.3) is 5.91 Å². The Morgan fingerprint density at radius 1 is 1.27 bits per heavy atom. The van der Waals surface area contributed by atoms with Crippen LogP contribution in [0.3, 0.4) is 0 Å². The molecule has 1 aromatic heterocycles. The summed E-state index contributed by atoms with van der Waals surface area (Å²) in [5.74, 6) is 0.181. The standard InChI is InChI=1S/C20H23N3O2S/c1-12-17(26-19(22-12)13-5-2-3-6-13)20(25)23-10-9-15-14(11-23)7-4-8-16(15)18(21)24/h4,7-8,13H,2-3,5-6,9-11H2,1H3,(H2,21,24). The molecule has 1 aliphatic carbocycles. The molecule has 2 aliphatic rings. The average molecular weight is 369 g/mol. The highest BCUT2D eigenvalue weighted by Gasteiger charge is 2.29. The maximum absolute atomic E-state index is 13.1. The first-order valence-electron chi connectivity index (χ1n) is 9.21. The van der Waals surface area contributed by atoms with Crippen molar-refractivity contribution in [2.45, 2.75) is 51.5 Å². The Labute approximate surface area is 157 Å². The zero-order valence-electron chi connectivity index (χ0n) is 15.0. The van der Waals surface area contributed by atoms with E-state index in [4.69, 9.17) is 10.7 Å². The van der Waals surface area contributed by atoms with E-state index in [1.165, 1.54) is 25.7 Å².